The summed E-state index contributed by atoms with van der Waals surface area (Å²) in [7, 11) is -1.96. The minimum absolute atomic E-state index is 0.102. The molecule has 1 amide bonds. The van der Waals surface area contributed by atoms with Crippen LogP contribution in [0.2, 0.25) is 0 Å². The predicted octanol–water partition coefficient (Wildman–Crippen LogP) is 0.314. The normalized spacial score (nSPS) is 25.7. The van der Waals surface area contributed by atoms with Crippen LogP contribution in [0.5, 0.6) is 0 Å². The third-order valence-corrected chi connectivity index (χ3v) is 6.70. The second-order valence-electron chi connectivity index (χ2n) is 7.15. The van der Waals surface area contributed by atoms with Crippen LogP contribution in [0.4, 0.5) is 0 Å². The SMILES string of the molecule is CNS(=O)(=O)CCNC(=O)[C@]12COC[C@H]1CN(CC=Cc1ccccc1)C2. The molecule has 2 aliphatic rings. The fourth-order valence-electron chi connectivity index (χ4n) is 3.78. The lowest BCUT2D eigenvalue weighted by molar-refractivity contribution is -0.131. The molecule has 2 atom stereocenters. The molecule has 7 nitrogen and oxygen atoms in total. The Morgan fingerprint density at radius 1 is 1.37 bits per heavy atom. The van der Waals surface area contributed by atoms with E-state index in [0.717, 1.165) is 18.7 Å². The van der Waals surface area contributed by atoms with Gasteiger partial charge in [-0.1, -0.05) is 42.5 Å². The highest BCUT2D eigenvalue weighted by Crippen LogP contribution is 2.41. The lowest BCUT2D eigenvalue weighted by Gasteiger charge is -2.25. The molecule has 0 aliphatic carbocycles. The summed E-state index contributed by atoms with van der Waals surface area (Å²) in [4.78, 5) is 15.1. The van der Waals surface area contributed by atoms with Gasteiger partial charge in [-0.05, 0) is 12.6 Å². The van der Waals surface area contributed by atoms with E-state index in [1.807, 2.05) is 18.2 Å². The zero-order chi connectivity index (χ0) is 19.3. The van der Waals surface area contributed by atoms with Crippen LogP contribution in [0.15, 0.2) is 36.4 Å². The van der Waals surface area contributed by atoms with E-state index < -0.39 is 15.4 Å². The van der Waals surface area contributed by atoms with Crippen molar-refractivity contribution in [1.29, 1.82) is 0 Å². The highest BCUT2D eigenvalue weighted by atomic mass is 32.2. The Bertz CT molecular complexity index is 781. The number of fused-ring (bicyclic) bond motifs is 1. The maximum absolute atomic E-state index is 12.8. The molecule has 3 rings (SSSR count). The quantitative estimate of drug-likeness (QED) is 0.664. The minimum Gasteiger partial charge on any atom is -0.380 e. The number of carbonyl (C=O) groups is 1. The number of benzene rings is 1. The Morgan fingerprint density at radius 3 is 2.89 bits per heavy atom. The van der Waals surface area contributed by atoms with Crippen LogP contribution >= 0.6 is 0 Å². The second-order valence-corrected chi connectivity index (χ2v) is 9.20. The molecule has 0 bridgehead atoms. The topological polar surface area (TPSA) is 87.7 Å². The molecule has 1 aromatic carbocycles. The first-order chi connectivity index (χ1) is 13.0. The van der Waals surface area contributed by atoms with Crippen molar-refractivity contribution in [1.82, 2.24) is 14.9 Å². The first kappa shape index (κ1) is 20.0. The molecule has 2 aliphatic heterocycles. The van der Waals surface area contributed by atoms with Gasteiger partial charge in [0.05, 0.1) is 24.4 Å². The van der Waals surface area contributed by atoms with Crippen molar-refractivity contribution < 1.29 is 17.9 Å². The molecule has 2 fully saturated rings. The monoisotopic (exact) mass is 393 g/mol. The van der Waals surface area contributed by atoms with E-state index in [0.29, 0.717) is 19.8 Å². The van der Waals surface area contributed by atoms with Gasteiger partial charge >= 0.3 is 0 Å². The minimum atomic E-state index is -3.33. The van der Waals surface area contributed by atoms with Crippen LogP contribution in [-0.2, 0) is 19.6 Å². The maximum atomic E-state index is 12.8. The van der Waals surface area contributed by atoms with Crippen LogP contribution in [0.25, 0.3) is 6.08 Å². The van der Waals surface area contributed by atoms with E-state index in [9.17, 15) is 13.2 Å². The smallest absolute Gasteiger partial charge is 0.230 e. The van der Waals surface area contributed by atoms with Gasteiger partial charge in [-0.2, -0.15) is 0 Å². The van der Waals surface area contributed by atoms with Crippen molar-refractivity contribution in [2.75, 3.05) is 52.2 Å². The zero-order valence-electron chi connectivity index (χ0n) is 15.6. The zero-order valence-corrected chi connectivity index (χ0v) is 16.4. The highest BCUT2D eigenvalue weighted by molar-refractivity contribution is 7.89. The first-order valence-electron chi connectivity index (χ1n) is 9.16. The first-order valence-corrected chi connectivity index (χ1v) is 10.8. The molecule has 0 unspecified atom stereocenters. The molecule has 0 saturated carbocycles. The molecular weight excluding hydrogens is 366 g/mol. The summed E-state index contributed by atoms with van der Waals surface area (Å²) in [6.07, 6.45) is 4.20. The fourth-order valence-corrected chi connectivity index (χ4v) is 4.35. The van der Waals surface area contributed by atoms with Gasteiger partial charge in [0.2, 0.25) is 15.9 Å². The molecule has 148 valence electrons. The summed E-state index contributed by atoms with van der Waals surface area (Å²) in [6, 6.07) is 10.1. The van der Waals surface area contributed by atoms with Gasteiger partial charge in [-0.3, -0.25) is 9.69 Å². The number of hydrogen-bond acceptors (Lipinski definition) is 5. The Kier molecular flexibility index (Phi) is 6.31. The van der Waals surface area contributed by atoms with E-state index in [1.54, 1.807) is 0 Å². The number of nitrogens with zero attached hydrogens (tertiary/aromatic N) is 1. The molecule has 0 aromatic heterocycles. The van der Waals surface area contributed by atoms with Gasteiger partial charge in [0, 0.05) is 32.1 Å². The van der Waals surface area contributed by atoms with Crippen molar-refractivity contribution in [3.8, 4) is 0 Å². The number of carbonyl (C=O) groups excluding carboxylic acids is 1. The van der Waals surface area contributed by atoms with Crippen LogP contribution < -0.4 is 10.0 Å². The average molecular weight is 394 g/mol. The number of ether oxygens (including phenoxy) is 1. The molecule has 0 radical (unpaired) electrons. The summed E-state index contributed by atoms with van der Waals surface area (Å²) in [5.74, 6) is -0.0882. The number of likely N-dealkylation sites (tertiary alicyclic amines) is 1. The standard InChI is InChI=1S/C19H27N3O4S/c1-20-27(24,25)11-9-21-18(23)19-14-22(12-17(19)13-26-15-19)10-5-8-16-6-3-2-4-7-16/h2-8,17,20H,9-15H2,1H3,(H,21,23)/t17-,19-/m1/s1. The number of rotatable bonds is 8. The summed E-state index contributed by atoms with van der Waals surface area (Å²) in [5, 5.41) is 2.80. The van der Waals surface area contributed by atoms with E-state index in [-0.39, 0.29) is 24.1 Å². The Labute approximate surface area is 160 Å². The molecule has 2 N–H and O–H groups in total. The summed E-state index contributed by atoms with van der Waals surface area (Å²) < 4.78 is 30.9. The summed E-state index contributed by atoms with van der Waals surface area (Å²) in [5.41, 5.74) is 0.572. The van der Waals surface area contributed by atoms with Crippen molar-refractivity contribution in [3.05, 3.63) is 42.0 Å². The van der Waals surface area contributed by atoms with Gasteiger partial charge in [-0.25, -0.2) is 13.1 Å². The number of hydrogen-bond donors (Lipinski definition) is 2. The fraction of sp³-hybridized carbons (Fsp3) is 0.526. The third-order valence-electron chi connectivity index (χ3n) is 5.34. The van der Waals surface area contributed by atoms with Crippen molar-refractivity contribution >= 4 is 22.0 Å². The lowest BCUT2D eigenvalue weighted by Crippen LogP contribution is -2.48. The summed E-state index contributed by atoms with van der Waals surface area (Å²) >= 11 is 0. The highest BCUT2D eigenvalue weighted by Gasteiger charge is 2.55. The predicted molar refractivity (Wildman–Crippen MR) is 105 cm³/mol. The molecule has 27 heavy (non-hydrogen) atoms. The van der Waals surface area contributed by atoms with Gasteiger partial charge in [-0.15, -0.1) is 0 Å². The van der Waals surface area contributed by atoms with Gasteiger partial charge in [0.1, 0.15) is 0 Å². The van der Waals surface area contributed by atoms with Gasteiger partial charge < -0.3 is 10.1 Å². The van der Waals surface area contributed by atoms with Crippen molar-refractivity contribution in [2.24, 2.45) is 11.3 Å². The van der Waals surface area contributed by atoms with Crippen molar-refractivity contribution in [3.63, 3.8) is 0 Å². The molecule has 8 heteroatoms. The molecule has 2 heterocycles. The lowest BCUT2D eigenvalue weighted by atomic mass is 9.80. The van der Waals surface area contributed by atoms with Crippen LogP contribution in [0.3, 0.4) is 0 Å². The van der Waals surface area contributed by atoms with Gasteiger partial charge in [0.25, 0.3) is 0 Å². The van der Waals surface area contributed by atoms with E-state index in [1.165, 1.54) is 7.05 Å². The van der Waals surface area contributed by atoms with E-state index in [4.69, 9.17) is 4.74 Å². The molecule has 2 saturated heterocycles. The largest absolute Gasteiger partial charge is 0.380 e. The Morgan fingerprint density at radius 2 is 2.15 bits per heavy atom. The molecule has 0 spiro atoms. The van der Waals surface area contributed by atoms with Crippen LogP contribution in [0, 0.1) is 11.3 Å². The van der Waals surface area contributed by atoms with Crippen molar-refractivity contribution in [2.45, 2.75) is 0 Å². The molecular formula is C19H27N3O4S. The third kappa shape index (κ3) is 4.76. The van der Waals surface area contributed by atoms with E-state index >= 15 is 0 Å². The number of nitrogens with one attached hydrogen (secondary N) is 2. The van der Waals surface area contributed by atoms with Crippen LogP contribution in [-0.4, -0.2) is 71.4 Å². The number of amides is 1. The average Bonchev–Trinajstić information content (AvgIpc) is 3.20. The van der Waals surface area contributed by atoms with Crippen LogP contribution in [0.1, 0.15) is 5.56 Å². The van der Waals surface area contributed by atoms with Gasteiger partial charge in [0.15, 0.2) is 0 Å². The molecule has 1 aromatic rings. The Balaban J connectivity index is 1.56. The summed E-state index contributed by atoms with van der Waals surface area (Å²) in [6.45, 7) is 3.27. The number of sulfonamides is 1. The van der Waals surface area contributed by atoms with E-state index in [2.05, 4.69) is 39.2 Å². The second kappa shape index (κ2) is 8.52. The maximum Gasteiger partial charge on any atom is 0.230 e. The Hall–Kier alpha value is -1.74.